The first-order valence-electron chi connectivity index (χ1n) is 6.95. The average molecular weight is 264 g/mol. The van der Waals surface area contributed by atoms with Crippen molar-refractivity contribution in [1.82, 2.24) is 9.78 Å². The maximum absolute atomic E-state index is 11.9. The van der Waals surface area contributed by atoms with E-state index in [9.17, 15) is 4.79 Å². The van der Waals surface area contributed by atoms with Crippen LogP contribution in [0, 0.1) is 5.92 Å². The second kappa shape index (κ2) is 4.96. The average Bonchev–Trinajstić information content (AvgIpc) is 2.84. The van der Waals surface area contributed by atoms with E-state index in [-0.39, 0.29) is 11.6 Å². The molecule has 1 aliphatic heterocycles. The Balaban J connectivity index is 1.48. The smallest absolute Gasteiger partial charge is 0.306 e. The van der Waals surface area contributed by atoms with E-state index in [0.29, 0.717) is 18.8 Å². The van der Waals surface area contributed by atoms with Crippen molar-refractivity contribution < 1.29 is 14.3 Å². The Morgan fingerprint density at radius 1 is 1.63 bits per heavy atom. The highest BCUT2D eigenvalue weighted by molar-refractivity contribution is 5.70. The van der Waals surface area contributed by atoms with Gasteiger partial charge in [0.25, 0.3) is 0 Å². The third-order valence-corrected chi connectivity index (χ3v) is 4.11. The number of hydrogen-bond donors (Lipinski definition) is 0. The van der Waals surface area contributed by atoms with Gasteiger partial charge in [0.1, 0.15) is 5.60 Å². The van der Waals surface area contributed by atoms with Crippen LogP contribution in [0.15, 0.2) is 12.4 Å². The molecule has 2 heterocycles. The summed E-state index contributed by atoms with van der Waals surface area (Å²) in [6.45, 7) is 1.55. The molecule has 0 spiro atoms. The third-order valence-electron chi connectivity index (χ3n) is 4.11. The minimum Gasteiger partial charge on any atom is -0.459 e. The van der Waals surface area contributed by atoms with Gasteiger partial charge in [-0.3, -0.25) is 9.48 Å². The zero-order chi connectivity index (χ0) is 13.3. The molecule has 3 rings (SSSR count). The van der Waals surface area contributed by atoms with Gasteiger partial charge >= 0.3 is 5.97 Å². The predicted octanol–water partition coefficient (Wildman–Crippen LogP) is 1.47. The van der Waals surface area contributed by atoms with Gasteiger partial charge in [-0.25, -0.2) is 0 Å². The third kappa shape index (κ3) is 2.81. The summed E-state index contributed by atoms with van der Waals surface area (Å²) in [5.41, 5.74) is 0.885. The largest absolute Gasteiger partial charge is 0.459 e. The van der Waals surface area contributed by atoms with E-state index in [1.165, 1.54) is 0 Å². The van der Waals surface area contributed by atoms with E-state index in [1.54, 1.807) is 10.9 Å². The number of hydrogen-bond acceptors (Lipinski definition) is 4. The van der Waals surface area contributed by atoms with E-state index in [1.807, 2.05) is 13.2 Å². The van der Waals surface area contributed by atoms with Gasteiger partial charge in [-0.05, 0) is 31.2 Å². The second-order valence-corrected chi connectivity index (χ2v) is 5.62. The molecule has 0 unspecified atom stereocenters. The molecule has 2 aliphatic rings. The van der Waals surface area contributed by atoms with Gasteiger partial charge in [0, 0.05) is 32.2 Å². The quantitative estimate of drug-likeness (QED) is 0.756. The topological polar surface area (TPSA) is 53.4 Å². The highest BCUT2D eigenvalue weighted by Gasteiger charge is 2.53. The molecule has 0 radical (unpaired) electrons. The van der Waals surface area contributed by atoms with E-state index < -0.39 is 0 Å². The second-order valence-electron chi connectivity index (χ2n) is 5.62. The molecule has 5 nitrogen and oxygen atoms in total. The van der Waals surface area contributed by atoms with Gasteiger partial charge in [0.15, 0.2) is 0 Å². The molecule has 1 saturated carbocycles. The molecule has 0 amide bonds. The van der Waals surface area contributed by atoms with Crippen LogP contribution in [0.2, 0.25) is 0 Å². The Kier molecular flexibility index (Phi) is 3.31. The minimum atomic E-state index is -0.192. The zero-order valence-electron chi connectivity index (χ0n) is 11.3. The van der Waals surface area contributed by atoms with E-state index in [2.05, 4.69) is 5.10 Å². The van der Waals surface area contributed by atoms with Crippen molar-refractivity contribution in [3.8, 4) is 0 Å². The molecule has 1 aromatic rings. The van der Waals surface area contributed by atoms with E-state index in [4.69, 9.17) is 9.47 Å². The molecule has 0 N–H and O–H groups in total. The maximum atomic E-state index is 11.9. The van der Waals surface area contributed by atoms with Crippen molar-refractivity contribution in [2.75, 3.05) is 13.2 Å². The van der Waals surface area contributed by atoms with Crippen LogP contribution in [0.4, 0.5) is 0 Å². The minimum absolute atomic E-state index is 0.0896. The number of ether oxygens (including phenoxy) is 2. The van der Waals surface area contributed by atoms with Crippen LogP contribution in [-0.4, -0.2) is 34.6 Å². The van der Waals surface area contributed by atoms with Crippen molar-refractivity contribution in [3.05, 3.63) is 18.0 Å². The monoisotopic (exact) mass is 264 g/mol. The summed E-state index contributed by atoms with van der Waals surface area (Å²) in [7, 11) is 1.88. The highest BCUT2D eigenvalue weighted by atomic mass is 16.6. The predicted molar refractivity (Wildman–Crippen MR) is 68.5 cm³/mol. The lowest BCUT2D eigenvalue weighted by Crippen LogP contribution is -2.29. The lowest BCUT2D eigenvalue weighted by molar-refractivity contribution is -0.154. The van der Waals surface area contributed by atoms with Gasteiger partial charge in [-0.15, -0.1) is 0 Å². The summed E-state index contributed by atoms with van der Waals surface area (Å²) in [6.07, 6.45) is 7.89. The number of aryl methyl sites for hydroxylation is 2. The fourth-order valence-corrected chi connectivity index (χ4v) is 2.79. The molecule has 1 atom stereocenters. The molecule has 1 saturated heterocycles. The summed E-state index contributed by atoms with van der Waals surface area (Å²) in [6, 6.07) is 0. The van der Waals surface area contributed by atoms with Crippen molar-refractivity contribution >= 4 is 5.97 Å². The van der Waals surface area contributed by atoms with Crippen LogP contribution >= 0.6 is 0 Å². The molecule has 1 aromatic heterocycles. The Hall–Kier alpha value is -1.36. The van der Waals surface area contributed by atoms with Crippen LogP contribution in [0.5, 0.6) is 0 Å². The van der Waals surface area contributed by atoms with E-state index >= 15 is 0 Å². The van der Waals surface area contributed by atoms with Gasteiger partial charge < -0.3 is 9.47 Å². The van der Waals surface area contributed by atoms with Crippen LogP contribution in [-0.2, 0) is 27.7 Å². The van der Waals surface area contributed by atoms with Gasteiger partial charge in [0.05, 0.1) is 12.8 Å². The van der Waals surface area contributed by atoms with Crippen molar-refractivity contribution in [2.45, 2.75) is 37.7 Å². The fraction of sp³-hybridized carbons (Fsp3) is 0.714. The lowest BCUT2D eigenvalue weighted by atomic mass is 9.99. The van der Waals surface area contributed by atoms with Gasteiger partial charge in [0.2, 0.25) is 0 Å². The van der Waals surface area contributed by atoms with Crippen LogP contribution in [0.25, 0.3) is 0 Å². The first kappa shape index (κ1) is 12.7. The standard InChI is InChI=1S/C14H20N2O3/c1-16-9-11(8-15-16)2-3-13(17)19-14(5-6-14)12-4-7-18-10-12/h8-9,12H,2-7,10H2,1H3/t12-/m1/s1. The normalized spacial score (nSPS) is 24.4. The molecular formula is C14H20N2O3. The lowest BCUT2D eigenvalue weighted by Gasteiger charge is -2.21. The van der Waals surface area contributed by atoms with E-state index in [0.717, 1.165) is 38.0 Å². The van der Waals surface area contributed by atoms with Crippen molar-refractivity contribution in [3.63, 3.8) is 0 Å². The van der Waals surface area contributed by atoms with Crippen LogP contribution < -0.4 is 0 Å². The summed E-state index contributed by atoms with van der Waals surface area (Å²) in [5, 5.41) is 4.09. The first-order chi connectivity index (χ1) is 9.18. The molecule has 2 fully saturated rings. The number of aromatic nitrogens is 2. The van der Waals surface area contributed by atoms with Gasteiger partial charge in [-0.1, -0.05) is 0 Å². The number of carbonyl (C=O) groups is 1. The molecule has 5 heteroatoms. The molecule has 104 valence electrons. The molecule has 0 aromatic carbocycles. The van der Waals surface area contributed by atoms with Crippen LogP contribution in [0.1, 0.15) is 31.2 Å². The fourth-order valence-electron chi connectivity index (χ4n) is 2.79. The van der Waals surface area contributed by atoms with Crippen LogP contribution in [0.3, 0.4) is 0 Å². The zero-order valence-corrected chi connectivity index (χ0v) is 11.3. The molecule has 19 heavy (non-hydrogen) atoms. The maximum Gasteiger partial charge on any atom is 0.306 e. The summed E-state index contributed by atoms with van der Waals surface area (Å²) in [5.74, 6) is 0.322. The highest BCUT2D eigenvalue weighted by Crippen LogP contribution is 2.49. The SMILES string of the molecule is Cn1cc(CCC(=O)OC2([C@@H]3CCOC3)CC2)cn1. The first-order valence-corrected chi connectivity index (χ1v) is 6.95. The number of nitrogens with zero attached hydrogens (tertiary/aromatic N) is 2. The Morgan fingerprint density at radius 2 is 2.47 bits per heavy atom. The summed E-state index contributed by atoms with van der Waals surface area (Å²) < 4.78 is 12.9. The molecule has 0 bridgehead atoms. The molecule has 1 aliphatic carbocycles. The summed E-state index contributed by atoms with van der Waals surface area (Å²) in [4.78, 5) is 11.9. The van der Waals surface area contributed by atoms with Crippen molar-refractivity contribution in [1.29, 1.82) is 0 Å². The van der Waals surface area contributed by atoms with Crippen molar-refractivity contribution in [2.24, 2.45) is 13.0 Å². The van der Waals surface area contributed by atoms with Gasteiger partial charge in [-0.2, -0.15) is 5.10 Å². The number of carbonyl (C=O) groups excluding carboxylic acids is 1. The Bertz CT molecular complexity index is 459. The molecular weight excluding hydrogens is 244 g/mol. The summed E-state index contributed by atoms with van der Waals surface area (Å²) >= 11 is 0. The Morgan fingerprint density at radius 3 is 3.05 bits per heavy atom. The Labute approximate surface area is 112 Å². The number of esters is 1. The number of rotatable bonds is 5.